The van der Waals surface area contributed by atoms with Gasteiger partial charge < -0.3 is 10.1 Å². The van der Waals surface area contributed by atoms with Gasteiger partial charge in [0.25, 0.3) is 5.91 Å². The van der Waals surface area contributed by atoms with Crippen LogP contribution in [0.25, 0.3) is 0 Å². The van der Waals surface area contributed by atoms with E-state index >= 15 is 0 Å². The Hall–Kier alpha value is -3.15. The Kier molecular flexibility index (Phi) is 4.86. The van der Waals surface area contributed by atoms with Crippen molar-refractivity contribution in [3.05, 3.63) is 78.1 Å². The van der Waals surface area contributed by atoms with Crippen LogP contribution in [-0.4, -0.2) is 28.0 Å². The average molecular weight is 322 g/mol. The van der Waals surface area contributed by atoms with Gasteiger partial charge in [-0.15, -0.1) is 0 Å². The highest BCUT2D eigenvalue weighted by atomic mass is 16.5. The van der Waals surface area contributed by atoms with Gasteiger partial charge in [0, 0.05) is 0 Å². The maximum Gasteiger partial charge on any atom is 0.255 e. The summed E-state index contributed by atoms with van der Waals surface area (Å²) in [6.45, 7) is 0.442. The molecule has 0 aliphatic heterocycles. The first-order valence-corrected chi connectivity index (χ1v) is 7.61. The largest absolute Gasteiger partial charge is 0.496 e. The van der Waals surface area contributed by atoms with Crippen LogP contribution in [0.4, 0.5) is 0 Å². The van der Waals surface area contributed by atoms with Gasteiger partial charge in [0.1, 0.15) is 5.75 Å². The van der Waals surface area contributed by atoms with Crippen LogP contribution in [0.1, 0.15) is 22.0 Å². The molecular weight excluding hydrogens is 304 g/mol. The van der Waals surface area contributed by atoms with Crippen molar-refractivity contribution >= 4 is 5.91 Å². The third-order valence-electron chi connectivity index (χ3n) is 3.67. The fourth-order valence-electron chi connectivity index (χ4n) is 2.49. The van der Waals surface area contributed by atoms with Crippen LogP contribution in [-0.2, 0) is 6.54 Å². The lowest BCUT2D eigenvalue weighted by atomic mass is 10.1. The molecule has 24 heavy (non-hydrogen) atoms. The zero-order chi connectivity index (χ0) is 16.8. The molecule has 1 aromatic heterocycles. The van der Waals surface area contributed by atoms with Crippen LogP contribution in [0.3, 0.4) is 0 Å². The molecule has 0 aliphatic rings. The zero-order valence-corrected chi connectivity index (χ0v) is 13.3. The minimum Gasteiger partial charge on any atom is -0.496 e. The lowest BCUT2D eigenvalue weighted by molar-refractivity contribution is 0.0927. The molecule has 2 aromatic carbocycles. The van der Waals surface area contributed by atoms with Crippen LogP contribution >= 0.6 is 0 Å². The maximum absolute atomic E-state index is 12.7. The van der Waals surface area contributed by atoms with E-state index in [-0.39, 0.29) is 11.9 Å². The van der Waals surface area contributed by atoms with Gasteiger partial charge in [-0.1, -0.05) is 42.5 Å². The molecule has 6 nitrogen and oxygen atoms in total. The number of benzene rings is 2. The number of aromatic nitrogens is 3. The lowest BCUT2D eigenvalue weighted by Gasteiger charge is -2.19. The van der Waals surface area contributed by atoms with Crippen molar-refractivity contribution < 1.29 is 9.53 Å². The number of methoxy groups -OCH3 is 1. The summed E-state index contributed by atoms with van der Waals surface area (Å²) in [5.74, 6) is 0.340. The van der Waals surface area contributed by atoms with E-state index < -0.39 is 0 Å². The fourth-order valence-corrected chi connectivity index (χ4v) is 2.49. The highest BCUT2D eigenvalue weighted by molar-refractivity contribution is 5.97. The molecular formula is C18H18N4O2. The van der Waals surface area contributed by atoms with Crippen molar-refractivity contribution in [2.24, 2.45) is 0 Å². The van der Waals surface area contributed by atoms with Crippen LogP contribution < -0.4 is 10.1 Å². The maximum atomic E-state index is 12.7. The van der Waals surface area contributed by atoms with Crippen LogP contribution in [0.5, 0.6) is 5.75 Å². The van der Waals surface area contributed by atoms with Crippen LogP contribution in [0.2, 0.25) is 0 Å². The number of carbonyl (C=O) groups is 1. The zero-order valence-electron chi connectivity index (χ0n) is 13.3. The number of ether oxygens (including phenoxy) is 1. The van der Waals surface area contributed by atoms with E-state index in [1.807, 2.05) is 42.5 Å². The Balaban J connectivity index is 1.84. The highest BCUT2D eigenvalue weighted by Crippen LogP contribution is 2.20. The normalized spacial score (nSPS) is 11.7. The Bertz CT molecular complexity index is 788. The molecule has 3 rings (SSSR count). The molecule has 0 bridgehead atoms. The third kappa shape index (κ3) is 3.60. The first kappa shape index (κ1) is 15.7. The molecule has 122 valence electrons. The Morgan fingerprint density at radius 3 is 2.46 bits per heavy atom. The Morgan fingerprint density at radius 1 is 1.08 bits per heavy atom. The molecule has 0 spiro atoms. The molecule has 0 saturated heterocycles. The second-order valence-electron chi connectivity index (χ2n) is 5.22. The number of nitrogens with zero attached hydrogens (tertiary/aromatic N) is 3. The van der Waals surface area contributed by atoms with E-state index in [0.29, 0.717) is 17.9 Å². The molecule has 1 N–H and O–H groups in total. The molecule has 3 aromatic rings. The van der Waals surface area contributed by atoms with E-state index in [2.05, 4.69) is 15.5 Å². The monoisotopic (exact) mass is 322 g/mol. The summed E-state index contributed by atoms with van der Waals surface area (Å²) in [4.78, 5) is 14.3. The number of para-hydroxylation sites is 1. The minimum absolute atomic E-state index is 0.201. The van der Waals surface area contributed by atoms with Gasteiger partial charge >= 0.3 is 0 Å². The van der Waals surface area contributed by atoms with Gasteiger partial charge in [-0.2, -0.15) is 15.0 Å². The van der Waals surface area contributed by atoms with Crippen LogP contribution in [0.15, 0.2) is 67.0 Å². The summed E-state index contributed by atoms with van der Waals surface area (Å²) >= 11 is 0. The Morgan fingerprint density at radius 2 is 1.75 bits per heavy atom. The van der Waals surface area contributed by atoms with Crippen molar-refractivity contribution in [3.8, 4) is 5.75 Å². The molecule has 0 radical (unpaired) electrons. The SMILES string of the molecule is COc1ccccc1C(=O)N[C@@H](Cn1nccn1)c1ccccc1. The summed E-state index contributed by atoms with van der Waals surface area (Å²) < 4.78 is 5.27. The molecule has 1 amide bonds. The van der Waals surface area contributed by atoms with Crippen LogP contribution in [0, 0.1) is 0 Å². The van der Waals surface area contributed by atoms with Crippen molar-refractivity contribution in [1.82, 2.24) is 20.3 Å². The van der Waals surface area contributed by atoms with Gasteiger partial charge in [0.15, 0.2) is 0 Å². The minimum atomic E-state index is -0.254. The van der Waals surface area contributed by atoms with E-state index in [4.69, 9.17) is 4.74 Å². The van der Waals surface area contributed by atoms with E-state index in [1.165, 1.54) is 0 Å². The molecule has 0 unspecified atom stereocenters. The molecule has 6 heteroatoms. The number of nitrogens with one attached hydrogen (secondary N) is 1. The average Bonchev–Trinajstić information content (AvgIpc) is 3.15. The summed E-state index contributed by atoms with van der Waals surface area (Å²) in [5.41, 5.74) is 1.48. The Labute approximate surface area is 140 Å². The van der Waals surface area contributed by atoms with E-state index in [0.717, 1.165) is 5.56 Å². The number of rotatable bonds is 6. The second-order valence-corrected chi connectivity index (χ2v) is 5.22. The molecule has 0 aliphatic carbocycles. The topological polar surface area (TPSA) is 69.0 Å². The first-order chi connectivity index (χ1) is 11.8. The van der Waals surface area contributed by atoms with Gasteiger partial charge in [-0.05, 0) is 17.7 Å². The molecule has 0 saturated carbocycles. The van der Waals surface area contributed by atoms with Gasteiger partial charge in [0.05, 0.1) is 37.7 Å². The predicted molar refractivity (Wildman–Crippen MR) is 89.7 cm³/mol. The lowest BCUT2D eigenvalue weighted by Crippen LogP contribution is -2.32. The third-order valence-corrected chi connectivity index (χ3v) is 3.67. The standard InChI is InChI=1S/C18H18N4O2/c1-24-17-10-6-5-9-15(17)18(23)21-16(13-22-19-11-12-20-22)14-7-3-2-4-8-14/h2-12,16H,13H2,1H3,(H,21,23)/t16-/m0/s1. The van der Waals surface area contributed by atoms with Crippen molar-refractivity contribution in [2.45, 2.75) is 12.6 Å². The quantitative estimate of drug-likeness (QED) is 0.757. The van der Waals surface area contributed by atoms with Gasteiger partial charge in [-0.3, -0.25) is 4.79 Å². The number of hydrogen-bond acceptors (Lipinski definition) is 4. The van der Waals surface area contributed by atoms with Crippen molar-refractivity contribution in [1.29, 1.82) is 0 Å². The number of carbonyl (C=O) groups excluding carboxylic acids is 1. The number of amides is 1. The predicted octanol–water partition coefficient (Wildman–Crippen LogP) is 2.46. The molecule has 1 heterocycles. The second kappa shape index (κ2) is 7.41. The highest BCUT2D eigenvalue weighted by Gasteiger charge is 2.19. The summed E-state index contributed by atoms with van der Waals surface area (Å²) in [5, 5.41) is 11.3. The molecule has 1 atom stereocenters. The summed E-state index contributed by atoms with van der Waals surface area (Å²) in [6, 6.07) is 16.6. The first-order valence-electron chi connectivity index (χ1n) is 7.61. The smallest absolute Gasteiger partial charge is 0.255 e. The van der Waals surface area contributed by atoms with E-state index in [1.54, 1.807) is 36.4 Å². The number of hydrogen-bond donors (Lipinski definition) is 1. The van der Waals surface area contributed by atoms with Crippen molar-refractivity contribution in [2.75, 3.05) is 7.11 Å². The van der Waals surface area contributed by atoms with Gasteiger partial charge in [0.2, 0.25) is 0 Å². The summed E-state index contributed by atoms with van der Waals surface area (Å²) in [6.07, 6.45) is 3.23. The fraction of sp³-hybridized carbons (Fsp3) is 0.167. The van der Waals surface area contributed by atoms with Gasteiger partial charge in [-0.25, -0.2) is 0 Å². The summed E-state index contributed by atoms with van der Waals surface area (Å²) in [7, 11) is 1.55. The van der Waals surface area contributed by atoms with E-state index in [9.17, 15) is 4.79 Å². The molecule has 0 fully saturated rings. The van der Waals surface area contributed by atoms with Crippen molar-refractivity contribution in [3.63, 3.8) is 0 Å².